The normalized spacial score (nSPS) is 11.8. The molecule has 0 spiro atoms. The Morgan fingerprint density at radius 1 is 0.690 bits per heavy atom. The molecule has 0 aliphatic carbocycles. The van der Waals surface area contributed by atoms with E-state index in [2.05, 4.69) is 105 Å². The summed E-state index contributed by atoms with van der Waals surface area (Å²) in [5, 5.41) is 24.5. The molecule has 5 heterocycles. The first-order chi connectivity index (χ1) is 28.1. The topological polar surface area (TPSA) is 134 Å². The van der Waals surface area contributed by atoms with Crippen LogP contribution in [-0.2, 0) is 0 Å². The Bertz CT molecular complexity index is 2930. The fraction of sp³-hybridized carbons (Fsp3) is 0.0870. The van der Waals surface area contributed by atoms with Crippen molar-refractivity contribution in [3.63, 3.8) is 0 Å². The third kappa shape index (κ3) is 9.49. The zero-order valence-electron chi connectivity index (χ0n) is 31.9. The van der Waals surface area contributed by atoms with Crippen LogP contribution in [-0.4, -0.2) is 47.8 Å². The molecule has 1 aliphatic heterocycles. The van der Waals surface area contributed by atoms with E-state index in [-0.39, 0.29) is 5.56 Å². The van der Waals surface area contributed by atoms with Gasteiger partial charge >= 0.3 is 0 Å². The smallest absolute Gasteiger partial charge is 0.264 e. The number of para-hydroxylation sites is 1. The molecule has 10 rings (SSSR count). The van der Waals surface area contributed by atoms with Crippen molar-refractivity contribution in [2.75, 3.05) is 6.54 Å². The first-order valence-electron chi connectivity index (χ1n) is 18.4. The summed E-state index contributed by atoms with van der Waals surface area (Å²) >= 11 is 15.5. The van der Waals surface area contributed by atoms with Crippen LogP contribution >= 0.6 is 39.1 Å². The minimum atomic E-state index is -0.108. The maximum atomic E-state index is 11.1. The maximum Gasteiger partial charge on any atom is 0.264 e. The lowest BCUT2D eigenvalue weighted by atomic mass is 10.0. The SMILES string of the molecule is CC1=NCC(c2c[nH]c3ccccc23)=C1.Cc1[nH]nc(-c2ccc(Br)cc2)c1Cl.Cc1cc(-c2ccccc2Cl)n[nH]1.O=c1cc(-c2cccc3ccccc23)[nH][nH]1. The van der Waals surface area contributed by atoms with Crippen molar-refractivity contribution in [2.45, 2.75) is 20.8 Å². The molecule has 290 valence electrons. The number of nitrogens with one attached hydrogen (secondary N) is 5. The number of benzene rings is 5. The average Bonchev–Trinajstić information content (AvgIpc) is 4.10. The van der Waals surface area contributed by atoms with E-state index in [1.165, 1.54) is 27.4 Å². The quantitative estimate of drug-likeness (QED) is 0.121. The highest BCUT2D eigenvalue weighted by atomic mass is 79.9. The second kappa shape index (κ2) is 18.4. The third-order valence-corrected chi connectivity index (χ3v) is 10.7. The van der Waals surface area contributed by atoms with Gasteiger partial charge in [0.25, 0.3) is 5.56 Å². The van der Waals surface area contributed by atoms with E-state index < -0.39 is 0 Å². The number of allylic oxidation sites excluding steroid dienone is 1. The summed E-state index contributed by atoms with van der Waals surface area (Å²) in [7, 11) is 0. The molecule has 9 aromatic rings. The van der Waals surface area contributed by atoms with Gasteiger partial charge in [-0.1, -0.05) is 130 Å². The highest BCUT2D eigenvalue weighted by molar-refractivity contribution is 9.10. The van der Waals surface area contributed by atoms with Gasteiger partial charge in [0.15, 0.2) is 0 Å². The van der Waals surface area contributed by atoms with Crippen molar-refractivity contribution in [3.05, 3.63) is 181 Å². The molecule has 0 fully saturated rings. The Balaban J connectivity index is 0.000000118. The highest BCUT2D eigenvalue weighted by Crippen LogP contribution is 2.30. The van der Waals surface area contributed by atoms with Crippen molar-refractivity contribution < 1.29 is 0 Å². The molecule has 5 aromatic carbocycles. The molecular formula is C46H39BrCl2N8O. The van der Waals surface area contributed by atoms with Gasteiger partial charge in [-0.3, -0.25) is 30.2 Å². The lowest BCUT2D eigenvalue weighted by Gasteiger charge is -2.03. The molecule has 58 heavy (non-hydrogen) atoms. The van der Waals surface area contributed by atoms with E-state index in [4.69, 9.17) is 23.2 Å². The van der Waals surface area contributed by atoms with Crippen molar-refractivity contribution in [3.8, 4) is 33.8 Å². The molecule has 0 atom stereocenters. The Morgan fingerprint density at radius 3 is 2.07 bits per heavy atom. The van der Waals surface area contributed by atoms with E-state index >= 15 is 0 Å². The van der Waals surface area contributed by atoms with Gasteiger partial charge in [-0.05, 0) is 73.5 Å². The van der Waals surface area contributed by atoms with E-state index in [1.54, 1.807) is 6.07 Å². The second-order valence-corrected chi connectivity index (χ2v) is 15.2. The van der Waals surface area contributed by atoms with E-state index in [1.807, 2.05) is 106 Å². The molecule has 1 aliphatic rings. The number of H-pyrrole nitrogens is 5. The number of aryl methyl sites for hydroxylation is 2. The van der Waals surface area contributed by atoms with Crippen LogP contribution in [0.15, 0.2) is 154 Å². The van der Waals surface area contributed by atoms with Crippen LogP contribution in [0.2, 0.25) is 10.0 Å². The lowest BCUT2D eigenvalue weighted by Crippen LogP contribution is -1.93. The molecule has 0 amide bonds. The summed E-state index contributed by atoms with van der Waals surface area (Å²) in [5.74, 6) is 0. The predicted molar refractivity (Wildman–Crippen MR) is 244 cm³/mol. The Morgan fingerprint density at radius 2 is 1.40 bits per heavy atom. The summed E-state index contributed by atoms with van der Waals surface area (Å²) in [4.78, 5) is 18.8. The van der Waals surface area contributed by atoms with Crippen LogP contribution in [0.25, 0.3) is 61.0 Å². The Hall–Kier alpha value is -6.20. The molecule has 0 radical (unpaired) electrons. The van der Waals surface area contributed by atoms with Crippen molar-refractivity contribution >= 4 is 72.1 Å². The maximum absolute atomic E-state index is 11.1. The van der Waals surface area contributed by atoms with Crippen LogP contribution in [0.1, 0.15) is 23.9 Å². The molecule has 4 aromatic heterocycles. The molecule has 9 nitrogen and oxygen atoms in total. The molecule has 0 saturated carbocycles. The van der Waals surface area contributed by atoms with Gasteiger partial charge in [0, 0.05) is 61.3 Å². The number of aromatic nitrogens is 7. The standard InChI is InChI=1S/C13H10N2O.C13H12N2.C10H8BrClN2.C10H9ClN2/c16-13-8-12(14-15-13)11-7-3-5-9-4-1-2-6-10(9)11;1-9-6-10(7-14-9)12-8-15-13-5-3-2-4-11(12)13;1-6-9(12)10(14-13-6)7-2-4-8(11)5-3-7;1-7-6-10(13-12-7)8-4-2-3-5-9(8)11/h1-8H,(H2,14,15,16);2-6,8,15H,7H2,1H3;2-5H,1H3,(H,13,14);2-6H,1H3,(H,12,13). The lowest BCUT2D eigenvalue weighted by molar-refractivity contribution is 1.05. The number of fused-ring (bicyclic) bond motifs is 2. The zero-order chi connectivity index (χ0) is 40.6. The first-order valence-corrected chi connectivity index (χ1v) is 20.0. The summed E-state index contributed by atoms with van der Waals surface area (Å²) in [6.07, 6.45) is 4.24. The Labute approximate surface area is 353 Å². The van der Waals surface area contributed by atoms with Gasteiger partial charge in [0.2, 0.25) is 0 Å². The van der Waals surface area contributed by atoms with Crippen molar-refractivity contribution in [2.24, 2.45) is 4.99 Å². The Kier molecular flexibility index (Phi) is 12.7. The van der Waals surface area contributed by atoms with Gasteiger partial charge in [0.1, 0.15) is 5.69 Å². The number of nitrogens with zero attached hydrogens (tertiary/aromatic N) is 3. The zero-order valence-corrected chi connectivity index (χ0v) is 35.0. The number of rotatable bonds is 4. The van der Waals surface area contributed by atoms with Gasteiger partial charge in [0.05, 0.1) is 33.7 Å². The highest BCUT2D eigenvalue weighted by Gasteiger charge is 2.12. The van der Waals surface area contributed by atoms with Gasteiger partial charge in [-0.15, -0.1) is 0 Å². The van der Waals surface area contributed by atoms with E-state index in [0.717, 1.165) is 72.3 Å². The molecule has 5 N–H and O–H groups in total. The number of hydrogen-bond acceptors (Lipinski definition) is 4. The van der Waals surface area contributed by atoms with Crippen LogP contribution in [0.3, 0.4) is 0 Å². The third-order valence-electron chi connectivity index (χ3n) is 9.34. The minimum absolute atomic E-state index is 0.108. The molecule has 12 heteroatoms. The van der Waals surface area contributed by atoms with Gasteiger partial charge < -0.3 is 4.98 Å². The molecule has 0 saturated heterocycles. The summed E-state index contributed by atoms with van der Waals surface area (Å²) in [6.45, 7) is 6.72. The van der Waals surface area contributed by atoms with Gasteiger partial charge in [-0.2, -0.15) is 10.2 Å². The average molecular weight is 871 g/mol. The van der Waals surface area contributed by atoms with Crippen LogP contribution in [0, 0.1) is 13.8 Å². The minimum Gasteiger partial charge on any atom is -0.361 e. The van der Waals surface area contributed by atoms with Crippen LogP contribution in [0.5, 0.6) is 0 Å². The van der Waals surface area contributed by atoms with Crippen molar-refractivity contribution in [1.82, 2.24) is 35.6 Å². The molecule has 0 bridgehead atoms. The number of aromatic amines is 5. The summed E-state index contributed by atoms with van der Waals surface area (Å²) in [6, 6.07) is 41.6. The number of aliphatic imine (C=N–C) groups is 1. The van der Waals surface area contributed by atoms with Crippen LogP contribution < -0.4 is 5.56 Å². The molecular weight excluding hydrogens is 831 g/mol. The fourth-order valence-corrected chi connectivity index (χ4v) is 7.12. The monoisotopic (exact) mass is 868 g/mol. The number of halogens is 3. The van der Waals surface area contributed by atoms with Crippen LogP contribution in [0.4, 0.5) is 0 Å². The largest absolute Gasteiger partial charge is 0.361 e. The van der Waals surface area contributed by atoms with E-state index in [0.29, 0.717) is 5.02 Å². The van der Waals surface area contributed by atoms with Gasteiger partial charge in [-0.25, -0.2) is 0 Å². The second-order valence-electron chi connectivity index (χ2n) is 13.5. The first kappa shape index (κ1) is 40.0. The van der Waals surface area contributed by atoms with E-state index in [9.17, 15) is 4.79 Å². The summed E-state index contributed by atoms with van der Waals surface area (Å²) < 4.78 is 1.05. The molecule has 0 unspecified atom stereocenters. The predicted octanol–water partition coefficient (Wildman–Crippen LogP) is 12.4. The fourth-order valence-electron chi connectivity index (χ4n) is 6.43. The summed E-state index contributed by atoms with van der Waals surface area (Å²) in [5.41, 5.74) is 12.3. The van der Waals surface area contributed by atoms with Crippen molar-refractivity contribution in [1.29, 1.82) is 0 Å². The number of hydrogen-bond donors (Lipinski definition) is 5.